The maximum absolute atomic E-state index is 13.3. The standard InChI is InChI=1S/C26H34Cl2N2O3/c1-5-7-15-29-26(32)24(6-2)30(16-21-22(27)9-8-10-23(21)28)25(31)17-33-20-13-11-19(12-14-20)18(3)4/h8-14,18,24H,5-7,15-17H2,1-4H3,(H,29,32)/t24-/m1/s1. The van der Waals surface area contributed by atoms with Crippen LogP contribution in [0.5, 0.6) is 5.75 Å². The van der Waals surface area contributed by atoms with E-state index in [1.54, 1.807) is 18.2 Å². The van der Waals surface area contributed by atoms with E-state index in [4.69, 9.17) is 27.9 Å². The molecule has 0 fully saturated rings. The fourth-order valence-electron chi connectivity index (χ4n) is 3.46. The van der Waals surface area contributed by atoms with E-state index in [0.717, 1.165) is 12.8 Å². The topological polar surface area (TPSA) is 58.6 Å². The normalized spacial score (nSPS) is 11.8. The summed E-state index contributed by atoms with van der Waals surface area (Å²) in [7, 11) is 0. The third kappa shape index (κ3) is 7.94. The zero-order valence-corrected chi connectivity index (χ0v) is 21.4. The number of benzene rings is 2. The van der Waals surface area contributed by atoms with Crippen molar-refractivity contribution in [2.45, 2.75) is 65.5 Å². The molecular weight excluding hydrogens is 459 g/mol. The molecule has 2 rings (SSSR count). The molecule has 0 aliphatic rings. The van der Waals surface area contributed by atoms with Gasteiger partial charge in [-0.2, -0.15) is 0 Å². The molecule has 33 heavy (non-hydrogen) atoms. The number of amides is 2. The Hall–Kier alpha value is -2.24. The molecule has 180 valence electrons. The quantitative estimate of drug-likeness (QED) is 0.357. The summed E-state index contributed by atoms with van der Waals surface area (Å²) in [6, 6.07) is 12.2. The van der Waals surface area contributed by atoms with Gasteiger partial charge in [0.05, 0.1) is 0 Å². The molecule has 0 bridgehead atoms. The lowest BCUT2D eigenvalue weighted by Gasteiger charge is -2.31. The third-order valence-corrected chi connectivity index (χ3v) is 6.22. The van der Waals surface area contributed by atoms with Crippen LogP contribution >= 0.6 is 23.2 Å². The molecule has 0 saturated carbocycles. The van der Waals surface area contributed by atoms with Gasteiger partial charge in [0.25, 0.3) is 5.91 Å². The van der Waals surface area contributed by atoms with Crippen LogP contribution in [0.2, 0.25) is 10.0 Å². The van der Waals surface area contributed by atoms with Gasteiger partial charge in [-0.25, -0.2) is 0 Å². The van der Waals surface area contributed by atoms with Crippen LogP contribution in [0.4, 0.5) is 0 Å². The van der Waals surface area contributed by atoms with E-state index >= 15 is 0 Å². The lowest BCUT2D eigenvalue weighted by molar-refractivity contribution is -0.143. The van der Waals surface area contributed by atoms with Gasteiger partial charge in [-0.3, -0.25) is 9.59 Å². The summed E-state index contributed by atoms with van der Waals surface area (Å²) in [5.74, 6) is 0.511. The predicted molar refractivity (Wildman–Crippen MR) is 135 cm³/mol. The lowest BCUT2D eigenvalue weighted by Crippen LogP contribution is -2.50. The Balaban J connectivity index is 2.22. The number of carbonyl (C=O) groups excluding carboxylic acids is 2. The molecule has 2 amide bonds. The molecule has 1 N–H and O–H groups in total. The summed E-state index contributed by atoms with van der Waals surface area (Å²) in [4.78, 5) is 27.7. The summed E-state index contributed by atoms with van der Waals surface area (Å²) in [6.07, 6.45) is 2.30. The highest BCUT2D eigenvalue weighted by Crippen LogP contribution is 2.27. The number of nitrogens with zero attached hydrogens (tertiary/aromatic N) is 1. The van der Waals surface area contributed by atoms with Crippen molar-refractivity contribution in [3.8, 4) is 5.75 Å². The molecule has 0 radical (unpaired) electrons. The monoisotopic (exact) mass is 492 g/mol. The lowest BCUT2D eigenvalue weighted by atomic mass is 10.0. The van der Waals surface area contributed by atoms with Crippen LogP contribution in [-0.4, -0.2) is 35.9 Å². The molecule has 5 nitrogen and oxygen atoms in total. The van der Waals surface area contributed by atoms with Gasteiger partial charge in [0, 0.05) is 28.7 Å². The first-order valence-electron chi connectivity index (χ1n) is 11.5. The fourth-order valence-corrected chi connectivity index (χ4v) is 3.97. The number of rotatable bonds is 12. The number of hydrogen-bond acceptors (Lipinski definition) is 3. The van der Waals surface area contributed by atoms with Crippen LogP contribution in [0.15, 0.2) is 42.5 Å². The first-order chi connectivity index (χ1) is 15.8. The van der Waals surface area contributed by atoms with E-state index in [0.29, 0.717) is 40.2 Å². The van der Waals surface area contributed by atoms with Gasteiger partial charge >= 0.3 is 0 Å². The molecule has 1 atom stereocenters. The molecular formula is C26H34Cl2N2O3. The average Bonchev–Trinajstić information content (AvgIpc) is 2.79. The second-order valence-electron chi connectivity index (χ2n) is 8.30. The Morgan fingerprint density at radius 3 is 2.21 bits per heavy atom. The van der Waals surface area contributed by atoms with Crippen LogP contribution in [0.25, 0.3) is 0 Å². The fraction of sp³-hybridized carbons (Fsp3) is 0.462. The van der Waals surface area contributed by atoms with Gasteiger partial charge in [-0.15, -0.1) is 0 Å². The highest BCUT2D eigenvalue weighted by molar-refractivity contribution is 6.36. The number of nitrogens with one attached hydrogen (secondary N) is 1. The maximum Gasteiger partial charge on any atom is 0.261 e. The Morgan fingerprint density at radius 2 is 1.67 bits per heavy atom. The van der Waals surface area contributed by atoms with Gasteiger partial charge in [0.1, 0.15) is 11.8 Å². The maximum atomic E-state index is 13.3. The van der Waals surface area contributed by atoms with Gasteiger partial charge in [0.15, 0.2) is 6.61 Å². The molecule has 0 aliphatic heterocycles. The first-order valence-corrected chi connectivity index (χ1v) is 12.3. The molecule has 0 saturated heterocycles. The van der Waals surface area contributed by atoms with Crippen molar-refractivity contribution in [3.63, 3.8) is 0 Å². The van der Waals surface area contributed by atoms with E-state index in [2.05, 4.69) is 26.1 Å². The van der Waals surface area contributed by atoms with Crippen molar-refractivity contribution >= 4 is 35.0 Å². The zero-order valence-electron chi connectivity index (χ0n) is 19.9. The second-order valence-corrected chi connectivity index (χ2v) is 9.12. The second kappa shape index (κ2) is 13.5. The van der Waals surface area contributed by atoms with Crippen molar-refractivity contribution < 1.29 is 14.3 Å². The Bertz CT molecular complexity index is 896. The molecule has 0 heterocycles. The van der Waals surface area contributed by atoms with E-state index in [1.807, 2.05) is 31.2 Å². The molecule has 0 unspecified atom stereocenters. The van der Waals surface area contributed by atoms with Crippen LogP contribution in [-0.2, 0) is 16.1 Å². The smallest absolute Gasteiger partial charge is 0.261 e. The number of carbonyl (C=O) groups is 2. The van der Waals surface area contributed by atoms with E-state index in [-0.39, 0.29) is 25.0 Å². The largest absolute Gasteiger partial charge is 0.484 e. The third-order valence-electron chi connectivity index (χ3n) is 5.51. The van der Waals surface area contributed by atoms with Crippen LogP contribution < -0.4 is 10.1 Å². The minimum Gasteiger partial charge on any atom is -0.484 e. The minimum atomic E-state index is -0.659. The highest BCUT2D eigenvalue weighted by atomic mass is 35.5. The summed E-state index contributed by atoms with van der Waals surface area (Å²) in [5.41, 5.74) is 1.80. The molecule has 7 heteroatoms. The van der Waals surface area contributed by atoms with Crippen LogP contribution in [0.1, 0.15) is 64.0 Å². The van der Waals surface area contributed by atoms with Crippen LogP contribution in [0, 0.1) is 0 Å². The molecule has 2 aromatic carbocycles. The van der Waals surface area contributed by atoms with E-state index in [1.165, 1.54) is 10.5 Å². The molecule has 0 aliphatic carbocycles. The minimum absolute atomic E-state index is 0.118. The van der Waals surface area contributed by atoms with Crippen molar-refractivity contribution in [1.82, 2.24) is 10.2 Å². The van der Waals surface area contributed by atoms with Gasteiger partial charge in [-0.05, 0) is 48.6 Å². The number of ether oxygens (including phenoxy) is 1. The summed E-state index contributed by atoms with van der Waals surface area (Å²) >= 11 is 12.7. The van der Waals surface area contributed by atoms with Gasteiger partial charge < -0.3 is 15.0 Å². The van der Waals surface area contributed by atoms with E-state index < -0.39 is 6.04 Å². The van der Waals surface area contributed by atoms with Crippen molar-refractivity contribution in [3.05, 3.63) is 63.6 Å². The summed E-state index contributed by atoms with van der Waals surface area (Å²) in [5, 5.41) is 3.84. The molecule has 0 spiro atoms. The van der Waals surface area contributed by atoms with E-state index in [9.17, 15) is 9.59 Å². The summed E-state index contributed by atoms with van der Waals surface area (Å²) < 4.78 is 5.77. The Kier molecular flexibility index (Phi) is 11.0. The number of halogens is 2. The Morgan fingerprint density at radius 1 is 1.03 bits per heavy atom. The molecule has 0 aromatic heterocycles. The van der Waals surface area contributed by atoms with Crippen LogP contribution in [0.3, 0.4) is 0 Å². The SMILES string of the molecule is CCCCNC(=O)[C@@H](CC)N(Cc1c(Cl)cccc1Cl)C(=O)COc1ccc(C(C)C)cc1. The average molecular weight is 493 g/mol. The highest BCUT2D eigenvalue weighted by Gasteiger charge is 2.30. The van der Waals surface area contributed by atoms with Gasteiger partial charge in [-0.1, -0.05) is 75.5 Å². The summed E-state index contributed by atoms with van der Waals surface area (Å²) in [6.45, 7) is 8.67. The molecule has 2 aromatic rings. The Labute approximate surface area is 207 Å². The predicted octanol–water partition coefficient (Wildman–Crippen LogP) is 6.22. The van der Waals surface area contributed by atoms with Crippen molar-refractivity contribution in [1.29, 1.82) is 0 Å². The number of unbranched alkanes of at least 4 members (excludes halogenated alkanes) is 1. The zero-order chi connectivity index (χ0) is 24.4. The van der Waals surface area contributed by atoms with Crippen molar-refractivity contribution in [2.24, 2.45) is 0 Å². The first kappa shape index (κ1) is 27.0. The number of hydrogen-bond donors (Lipinski definition) is 1. The van der Waals surface area contributed by atoms with Gasteiger partial charge in [0.2, 0.25) is 5.91 Å². The van der Waals surface area contributed by atoms with Crippen molar-refractivity contribution in [2.75, 3.05) is 13.2 Å².